The van der Waals surface area contributed by atoms with Crippen molar-refractivity contribution in [3.05, 3.63) is 214 Å². The molecule has 7 aromatic rings. The predicted molar refractivity (Wildman–Crippen MR) is 501 cm³/mol. The Morgan fingerprint density at radius 2 is 0.576 bits per heavy atom. The molecule has 0 aromatic heterocycles. The highest BCUT2D eigenvalue weighted by Gasteiger charge is 2.34. The van der Waals surface area contributed by atoms with Crippen molar-refractivity contribution in [1.29, 1.82) is 0 Å². The first kappa shape index (κ1) is 101. The molecule has 0 N–H and O–H groups in total. The Balaban J connectivity index is 0.000000209. The largest absolute Gasteiger partial charge is 0.381 e. The fraction of sp³-hybridized carbons (Fsp3) is 0.615. The highest BCUT2D eigenvalue weighted by Crippen LogP contribution is 2.49. The Kier molecular flexibility index (Phi) is 45.6. The maximum absolute atomic E-state index is 6.33. The Morgan fingerprint density at radius 3 is 0.847 bits per heavy atom. The summed E-state index contributed by atoms with van der Waals surface area (Å²) in [4.78, 5) is 0. The van der Waals surface area contributed by atoms with Crippen LogP contribution >= 0.6 is 0 Å². The van der Waals surface area contributed by atoms with E-state index in [1.54, 1.807) is 0 Å². The number of rotatable bonds is 21. The van der Waals surface area contributed by atoms with E-state index in [1.807, 2.05) is 21.3 Å². The van der Waals surface area contributed by atoms with Gasteiger partial charge in [0.1, 0.15) is 18.3 Å². The van der Waals surface area contributed by atoms with E-state index >= 15 is 0 Å². The molecule has 7 aliphatic rings. The molecule has 8 unspecified atom stereocenters. The summed E-state index contributed by atoms with van der Waals surface area (Å²) in [5, 5.41) is 0. The molecule has 0 aliphatic heterocycles. The molecule has 7 aromatic carbocycles. The van der Waals surface area contributed by atoms with Crippen LogP contribution < -0.4 is 0 Å². The molecule has 8 atom stereocenters. The molecule has 9 nitrogen and oxygen atoms in total. The van der Waals surface area contributed by atoms with Crippen LogP contribution in [0.15, 0.2) is 170 Å². The first-order valence-corrected chi connectivity index (χ1v) is 46.6. The molecule has 3 fully saturated rings. The van der Waals surface area contributed by atoms with Gasteiger partial charge in [0.15, 0.2) is 0 Å². The summed E-state index contributed by atoms with van der Waals surface area (Å²) in [6.45, 7) is 49.2. The van der Waals surface area contributed by atoms with Crippen molar-refractivity contribution < 1.29 is 42.6 Å². The summed E-state index contributed by atoms with van der Waals surface area (Å²) in [5.41, 5.74) is 18.6. The fourth-order valence-electron chi connectivity index (χ4n) is 16.8. The van der Waals surface area contributed by atoms with Crippen LogP contribution in [0.25, 0.3) is 33.4 Å². The highest BCUT2D eigenvalue weighted by atomic mass is 16.5. The first-order chi connectivity index (χ1) is 56.4. The second-order valence-electron chi connectivity index (χ2n) is 37.2. The van der Waals surface area contributed by atoms with Gasteiger partial charge in [0.05, 0.1) is 72.7 Å². The predicted octanol–water partition coefficient (Wildman–Crippen LogP) is 30.6. The van der Waals surface area contributed by atoms with Gasteiger partial charge < -0.3 is 42.6 Å². The minimum absolute atomic E-state index is 0.00366. The maximum atomic E-state index is 6.33. The Hall–Kier alpha value is -5.82. The fourth-order valence-corrected chi connectivity index (χ4v) is 16.8. The molecule has 656 valence electrons. The lowest BCUT2D eigenvalue weighted by molar-refractivity contribution is -0.0698. The van der Waals surface area contributed by atoms with Gasteiger partial charge in [0.25, 0.3) is 0 Å². The molecule has 0 radical (unpaired) electrons. The number of aryl methyl sites for hydroxylation is 1. The quantitative estimate of drug-likeness (QED) is 0.0653. The lowest BCUT2D eigenvalue weighted by Crippen LogP contribution is -2.28. The normalized spacial score (nSPS) is 18.2. The van der Waals surface area contributed by atoms with Gasteiger partial charge in [-0.1, -0.05) is 289 Å². The summed E-state index contributed by atoms with van der Waals surface area (Å²) in [6, 6.07) is 59.9. The number of fused-ring (bicyclic) bond motifs is 10. The van der Waals surface area contributed by atoms with Gasteiger partial charge in [0.2, 0.25) is 0 Å². The molecule has 118 heavy (non-hydrogen) atoms. The molecular weight excluding hydrogens is 1450 g/mol. The van der Waals surface area contributed by atoms with Crippen molar-refractivity contribution in [3.8, 4) is 33.4 Å². The van der Waals surface area contributed by atoms with E-state index in [-0.39, 0.29) is 42.2 Å². The zero-order chi connectivity index (χ0) is 86.4. The highest BCUT2D eigenvalue weighted by molar-refractivity contribution is 5.80. The standard InChI is InChI=1S/C18H20O.C17H18O.C16H16O.C12H16O.C11H22O.C10H20O.C9H20O.C8H16O.C8H18O/c1-12(2)13(3)19-18-16-10-6-4-8-14(16)15-9-5-7-11-17(15)18;1-3-12(2)18-17-15-10-6-4-8-13(15)14-9-5-7-11-16(14)17;1-11(2)17-16-14-9-5-3-7-12(14)13-8-4-6-10-15(13)16;1-9(2)13-12-8-7-10-5-3-4-6-11(10)12;1-10(12-2)11-8-6-4-3-5-7-9-11;1-9(11-2)10-7-5-3-4-6-8-10;1-7(2)8(3)10-9(4,5)6;1-7(9-2)8-5-3-4-6-8;1-6(2)8(5)9-7(3)4/h4-13,18H,1-3H3;4-12,17H,3H2,1-2H3;3-11,16H,1-2H3;3-6,9,12H,7-8H2,1-2H3;10-11H,3-9H2,1-2H3;9-10H,3-8H2,1-2H3;7-8H,1-6H3;7-8H,3-6H2,1-2H3;6-8H,1-5H3. The summed E-state index contributed by atoms with van der Waals surface area (Å²) < 4.78 is 51.6. The molecule has 0 saturated heterocycles. The molecule has 0 spiro atoms. The minimum Gasteiger partial charge on any atom is -0.381 e. The van der Waals surface area contributed by atoms with Crippen LogP contribution in [0.4, 0.5) is 0 Å². The van der Waals surface area contributed by atoms with Crippen LogP contribution in [0.1, 0.15) is 350 Å². The van der Waals surface area contributed by atoms with Crippen LogP contribution in [0.3, 0.4) is 0 Å². The van der Waals surface area contributed by atoms with E-state index in [4.69, 9.17) is 42.6 Å². The van der Waals surface area contributed by atoms with E-state index in [9.17, 15) is 0 Å². The van der Waals surface area contributed by atoms with Gasteiger partial charge in [-0.05, 0) is 282 Å². The Morgan fingerprint density at radius 1 is 0.297 bits per heavy atom. The second kappa shape index (κ2) is 53.3. The van der Waals surface area contributed by atoms with Crippen LogP contribution in [0, 0.1) is 35.5 Å². The van der Waals surface area contributed by atoms with Crippen molar-refractivity contribution in [1.82, 2.24) is 0 Å². The summed E-state index contributed by atoms with van der Waals surface area (Å²) >= 11 is 0. The van der Waals surface area contributed by atoms with Gasteiger partial charge in [-0.15, -0.1) is 0 Å². The number of benzene rings is 7. The Bertz CT molecular complexity index is 3680. The molecule has 3 saturated carbocycles. The van der Waals surface area contributed by atoms with Crippen LogP contribution in [0.5, 0.6) is 0 Å². The number of hydrogen-bond acceptors (Lipinski definition) is 9. The average Bonchev–Trinajstić information content (AvgIpc) is 1.63. The third kappa shape index (κ3) is 33.1. The maximum Gasteiger partial charge on any atom is 0.109 e. The van der Waals surface area contributed by atoms with Crippen molar-refractivity contribution in [2.24, 2.45) is 35.5 Å². The smallest absolute Gasteiger partial charge is 0.109 e. The van der Waals surface area contributed by atoms with Gasteiger partial charge >= 0.3 is 0 Å². The zero-order valence-corrected chi connectivity index (χ0v) is 79.0. The summed E-state index contributed by atoms with van der Waals surface area (Å²) in [7, 11) is 5.47. The Labute approximate surface area is 721 Å². The summed E-state index contributed by atoms with van der Waals surface area (Å²) in [6.07, 6.45) is 31.7. The third-order valence-electron chi connectivity index (χ3n) is 24.9. The number of ether oxygens (including phenoxy) is 9. The molecule has 7 aliphatic carbocycles. The molecular formula is C109H166O9. The van der Waals surface area contributed by atoms with Gasteiger partial charge in [-0.25, -0.2) is 0 Å². The van der Waals surface area contributed by atoms with Crippen molar-refractivity contribution in [2.75, 3.05) is 21.3 Å². The number of hydrogen-bond donors (Lipinski definition) is 0. The number of methoxy groups -OCH3 is 3. The van der Waals surface area contributed by atoms with Gasteiger partial charge in [-0.2, -0.15) is 0 Å². The zero-order valence-electron chi connectivity index (χ0n) is 79.0. The topological polar surface area (TPSA) is 83.1 Å². The van der Waals surface area contributed by atoms with Crippen LogP contribution in [0.2, 0.25) is 0 Å². The molecule has 14 rings (SSSR count). The second-order valence-corrected chi connectivity index (χ2v) is 37.2. The van der Waals surface area contributed by atoms with Crippen LogP contribution in [-0.4, -0.2) is 88.0 Å². The van der Waals surface area contributed by atoms with Crippen molar-refractivity contribution >= 4 is 0 Å². The SMILES string of the molecule is CC(C)C(C)OC(C)(C)C.CC(C)C(C)OC1c2ccccc2-c2ccccc21.CC(C)OC(C)C(C)C.CC(C)OC1CCc2ccccc21.CC(C)OC1c2ccccc2-c2ccccc21.CCC(C)OC1c2ccccc2-c2ccccc21.COC(C)C1CCCC1.COC(C)C1CCCCCC1.COC(C)C1CCCCCCC1. The minimum atomic E-state index is 0.00366. The third-order valence-corrected chi connectivity index (χ3v) is 24.9. The molecule has 9 heteroatoms. The lowest BCUT2D eigenvalue weighted by Gasteiger charge is -2.27. The van der Waals surface area contributed by atoms with Crippen molar-refractivity contribution in [3.63, 3.8) is 0 Å². The lowest BCUT2D eigenvalue weighted by atomic mass is 9.88. The van der Waals surface area contributed by atoms with Gasteiger partial charge in [0, 0.05) is 21.3 Å². The van der Waals surface area contributed by atoms with E-state index in [2.05, 4.69) is 329 Å². The van der Waals surface area contributed by atoms with Gasteiger partial charge in [-0.3, -0.25) is 0 Å². The van der Waals surface area contributed by atoms with Crippen LogP contribution in [-0.2, 0) is 49.1 Å². The first-order valence-electron chi connectivity index (χ1n) is 46.6. The van der Waals surface area contributed by atoms with Crippen molar-refractivity contribution in [2.45, 2.75) is 379 Å². The van der Waals surface area contributed by atoms with E-state index < -0.39 is 0 Å². The van der Waals surface area contributed by atoms with E-state index in [1.165, 1.54) is 193 Å². The summed E-state index contributed by atoms with van der Waals surface area (Å²) in [5.74, 6) is 4.29. The molecule has 0 heterocycles. The van der Waals surface area contributed by atoms with E-state index in [0.29, 0.717) is 66.6 Å². The molecule has 0 bridgehead atoms. The molecule has 0 amide bonds. The monoisotopic (exact) mass is 1620 g/mol. The average molecular weight is 1620 g/mol. The van der Waals surface area contributed by atoms with E-state index in [0.717, 1.165) is 30.6 Å².